The molecule has 0 aliphatic heterocycles. The van der Waals surface area contributed by atoms with Gasteiger partial charge in [-0.25, -0.2) is 9.97 Å². The van der Waals surface area contributed by atoms with E-state index in [9.17, 15) is 4.79 Å². The van der Waals surface area contributed by atoms with E-state index in [0.29, 0.717) is 17.1 Å². The fourth-order valence-electron chi connectivity index (χ4n) is 1.88. The number of nitrogens with zero attached hydrogens (tertiary/aromatic N) is 3. The number of aromatic nitrogens is 3. The van der Waals surface area contributed by atoms with Crippen molar-refractivity contribution in [1.82, 2.24) is 15.1 Å². The molecule has 0 N–H and O–H groups in total. The predicted octanol–water partition coefficient (Wildman–Crippen LogP) is 2.70. The lowest BCUT2D eigenvalue weighted by Gasteiger charge is -2.14. The van der Waals surface area contributed by atoms with Gasteiger partial charge in [0.25, 0.3) is 0 Å². The molecule has 20 heavy (non-hydrogen) atoms. The molecule has 2 aromatic rings. The minimum atomic E-state index is -0.501. The van der Waals surface area contributed by atoms with E-state index in [1.54, 1.807) is 12.1 Å². The molecule has 2 rings (SSSR count). The average Bonchev–Trinajstić information content (AvgIpc) is 2.87. The molecule has 0 aliphatic carbocycles. The van der Waals surface area contributed by atoms with E-state index >= 15 is 0 Å². The summed E-state index contributed by atoms with van der Waals surface area (Å²) in [6, 6.07) is 3.33. The number of methoxy groups -OCH3 is 1. The summed E-state index contributed by atoms with van der Waals surface area (Å²) in [6.45, 7) is 3.82. The standard InChI is InChI=1S/C13H14ClN3O3/c1-7(2)11(12(18)19-3)10-6-9(17-20-10)8-4-5-15-13(14)16-8/h4-7,11H,1-3H3. The Morgan fingerprint density at radius 2 is 2.15 bits per heavy atom. The molecule has 0 aliphatic rings. The Hall–Kier alpha value is -1.95. The molecule has 1 unspecified atom stereocenters. The molecule has 0 radical (unpaired) electrons. The van der Waals surface area contributed by atoms with Gasteiger partial charge in [-0.05, 0) is 23.6 Å². The first-order valence-corrected chi connectivity index (χ1v) is 6.44. The second-order valence-electron chi connectivity index (χ2n) is 4.57. The van der Waals surface area contributed by atoms with Crippen molar-refractivity contribution in [3.05, 3.63) is 29.4 Å². The van der Waals surface area contributed by atoms with Gasteiger partial charge in [0.2, 0.25) is 5.28 Å². The minimum absolute atomic E-state index is 0.0252. The number of hydrogen-bond donors (Lipinski definition) is 0. The van der Waals surface area contributed by atoms with Crippen LogP contribution in [0.25, 0.3) is 11.4 Å². The van der Waals surface area contributed by atoms with Crippen molar-refractivity contribution in [3.63, 3.8) is 0 Å². The van der Waals surface area contributed by atoms with E-state index in [1.807, 2.05) is 13.8 Å². The van der Waals surface area contributed by atoms with Crippen LogP contribution in [-0.4, -0.2) is 28.2 Å². The van der Waals surface area contributed by atoms with Crippen LogP contribution in [0.3, 0.4) is 0 Å². The second-order valence-corrected chi connectivity index (χ2v) is 4.91. The molecule has 0 amide bonds. The zero-order chi connectivity index (χ0) is 14.7. The first-order valence-electron chi connectivity index (χ1n) is 6.06. The highest BCUT2D eigenvalue weighted by Gasteiger charge is 2.29. The van der Waals surface area contributed by atoms with Crippen molar-refractivity contribution in [2.24, 2.45) is 5.92 Å². The summed E-state index contributed by atoms with van der Waals surface area (Å²) in [5.74, 6) is -0.393. The van der Waals surface area contributed by atoms with Crippen molar-refractivity contribution in [2.75, 3.05) is 7.11 Å². The quantitative estimate of drug-likeness (QED) is 0.637. The van der Waals surface area contributed by atoms with Crippen LogP contribution in [0.1, 0.15) is 25.5 Å². The van der Waals surface area contributed by atoms with Gasteiger partial charge in [-0.1, -0.05) is 19.0 Å². The number of carbonyl (C=O) groups is 1. The molecule has 0 spiro atoms. The maximum absolute atomic E-state index is 11.8. The summed E-state index contributed by atoms with van der Waals surface area (Å²) in [5, 5.41) is 4.04. The summed E-state index contributed by atoms with van der Waals surface area (Å²) < 4.78 is 10.0. The number of ether oxygens (including phenoxy) is 1. The summed E-state index contributed by atoms with van der Waals surface area (Å²) >= 11 is 5.73. The van der Waals surface area contributed by atoms with Crippen LogP contribution < -0.4 is 0 Å². The number of rotatable bonds is 4. The predicted molar refractivity (Wildman–Crippen MR) is 72.1 cm³/mol. The zero-order valence-electron chi connectivity index (χ0n) is 11.3. The fraction of sp³-hybridized carbons (Fsp3) is 0.385. The number of carbonyl (C=O) groups excluding carboxylic acids is 1. The highest BCUT2D eigenvalue weighted by atomic mass is 35.5. The molecule has 2 heterocycles. The van der Waals surface area contributed by atoms with Gasteiger partial charge in [-0.2, -0.15) is 0 Å². The Morgan fingerprint density at radius 1 is 1.40 bits per heavy atom. The Balaban J connectivity index is 2.34. The van der Waals surface area contributed by atoms with Crippen LogP contribution >= 0.6 is 11.6 Å². The van der Waals surface area contributed by atoms with Crippen LogP contribution in [0.5, 0.6) is 0 Å². The first kappa shape index (κ1) is 14.5. The van der Waals surface area contributed by atoms with Crippen LogP contribution in [0, 0.1) is 5.92 Å². The van der Waals surface area contributed by atoms with E-state index in [-0.39, 0.29) is 17.2 Å². The third-order valence-electron chi connectivity index (χ3n) is 2.85. The molecule has 0 aromatic carbocycles. The van der Waals surface area contributed by atoms with E-state index in [2.05, 4.69) is 15.1 Å². The van der Waals surface area contributed by atoms with Crippen LogP contribution in [-0.2, 0) is 9.53 Å². The van der Waals surface area contributed by atoms with Crippen LogP contribution in [0.2, 0.25) is 5.28 Å². The summed E-state index contributed by atoms with van der Waals surface area (Å²) in [6.07, 6.45) is 1.53. The Kier molecular flexibility index (Phi) is 4.34. The summed E-state index contributed by atoms with van der Waals surface area (Å²) in [7, 11) is 1.35. The lowest BCUT2D eigenvalue weighted by molar-refractivity contribution is -0.144. The maximum Gasteiger partial charge on any atom is 0.316 e. The SMILES string of the molecule is COC(=O)C(c1cc(-c2ccnc(Cl)n2)no1)C(C)C. The van der Waals surface area contributed by atoms with Gasteiger partial charge >= 0.3 is 5.97 Å². The van der Waals surface area contributed by atoms with Crippen molar-refractivity contribution >= 4 is 17.6 Å². The largest absolute Gasteiger partial charge is 0.468 e. The lowest BCUT2D eigenvalue weighted by atomic mass is 9.93. The molecular weight excluding hydrogens is 282 g/mol. The van der Waals surface area contributed by atoms with Crippen molar-refractivity contribution in [3.8, 4) is 11.4 Å². The number of halogens is 1. The lowest BCUT2D eigenvalue weighted by Crippen LogP contribution is -2.19. The zero-order valence-corrected chi connectivity index (χ0v) is 12.1. The Labute approximate surface area is 121 Å². The third kappa shape index (κ3) is 2.96. The molecule has 0 saturated carbocycles. The first-order chi connectivity index (χ1) is 9.52. The van der Waals surface area contributed by atoms with Gasteiger partial charge in [0, 0.05) is 12.3 Å². The van der Waals surface area contributed by atoms with Gasteiger partial charge < -0.3 is 9.26 Å². The highest BCUT2D eigenvalue weighted by molar-refractivity contribution is 6.28. The minimum Gasteiger partial charge on any atom is -0.468 e. The normalized spacial score (nSPS) is 12.4. The van der Waals surface area contributed by atoms with Crippen molar-refractivity contribution in [1.29, 1.82) is 0 Å². The average molecular weight is 296 g/mol. The van der Waals surface area contributed by atoms with E-state index in [1.165, 1.54) is 13.3 Å². The second kappa shape index (κ2) is 6.00. The molecule has 0 saturated heterocycles. The van der Waals surface area contributed by atoms with Gasteiger partial charge in [-0.15, -0.1) is 0 Å². The van der Waals surface area contributed by atoms with E-state index in [0.717, 1.165) is 0 Å². The fourth-order valence-corrected chi connectivity index (χ4v) is 2.03. The van der Waals surface area contributed by atoms with Gasteiger partial charge in [0.05, 0.1) is 12.8 Å². The smallest absolute Gasteiger partial charge is 0.316 e. The van der Waals surface area contributed by atoms with E-state index in [4.69, 9.17) is 20.9 Å². The van der Waals surface area contributed by atoms with Crippen LogP contribution in [0.4, 0.5) is 0 Å². The maximum atomic E-state index is 11.8. The molecule has 7 heteroatoms. The Morgan fingerprint density at radius 3 is 2.75 bits per heavy atom. The number of esters is 1. The monoisotopic (exact) mass is 295 g/mol. The number of hydrogen-bond acceptors (Lipinski definition) is 6. The van der Waals surface area contributed by atoms with Gasteiger partial charge in [-0.3, -0.25) is 4.79 Å². The van der Waals surface area contributed by atoms with E-state index < -0.39 is 5.92 Å². The molecular formula is C13H14ClN3O3. The topological polar surface area (TPSA) is 78.1 Å². The highest BCUT2D eigenvalue weighted by Crippen LogP contribution is 2.29. The van der Waals surface area contributed by atoms with Crippen molar-refractivity contribution < 1.29 is 14.1 Å². The Bertz CT molecular complexity index is 612. The molecule has 106 valence electrons. The van der Waals surface area contributed by atoms with Crippen molar-refractivity contribution in [2.45, 2.75) is 19.8 Å². The molecule has 0 bridgehead atoms. The summed E-state index contributed by atoms with van der Waals surface area (Å²) in [5.41, 5.74) is 1.03. The van der Waals surface area contributed by atoms with Gasteiger partial charge in [0.15, 0.2) is 5.76 Å². The molecule has 1 atom stereocenters. The molecule has 6 nitrogen and oxygen atoms in total. The van der Waals surface area contributed by atoms with Gasteiger partial charge in [0.1, 0.15) is 11.6 Å². The molecule has 2 aromatic heterocycles. The third-order valence-corrected chi connectivity index (χ3v) is 3.03. The van der Waals surface area contributed by atoms with Crippen LogP contribution in [0.15, 0.2) is 22.9 Å². The molecule has 0 fully saturated rings. The summed E-state index contributed by atoms with van der Waals surface area (Å²) in [4.78, 5) is 19.6.